The Kier molecular flexibility index (Phi) is 8.40. The molecule has 0 aromatic heterocycles. The fraction of sp³-hybridized carbons (Fsp3) is 0.650. The van der Waals surface area contributed by atoms with Crippen LogP contribution in [0.2, 0.25) is 0 Å². The topological polar surface area (TPSA) is 32.8 Å². The van der Waals surface area contributed by atoms with Crippen molar-refractivity contribution in [2.24, 2.45) is 0 Å². The van der Waals surface area contributed by atoms with E-state index in [0.717, 1.165) is 23.0 Å². The van der Waals surface area contributed by atoms with Gasteiger partial charge in [-0.05, 0) is 58.1 Å². The number of likely N-dealkylation sites (N-methyl/N-ethyl adjacent to an activating group) is 1. The molecule has 1 aliphatic carbocycles. The molecule has 0 spiro atoms. The van der Waals surface area contributed by atoms with Crippen LogP contribution in [0.15, 0.2) is 28.7 Å². The maximum atomic E-state index is 13.1. The lowest BCUT2D eigenvalue weighted by atomic mass is 9.98. The number of carbonyl (C=O) groups excluding carboxylic acids is 1. The van der Waals surface area contributed by atoms with Crippen LogP contribution in [0.1, 0.15) is 45.4 Å². The highest BCUT2D eigenvalue weighted by Crippen LogP contribution is 2.30. The summed E-state index contributed by atoms with van der Waals surface area (Å²) in [5.74, 6) is 0.162. The van der Waals surface area contributed by atoms with E-state index in [4.69, 9.17) is 4.74 Å². The van der Waals surface area contributed by atoms with Gasteiger partial charge >= 0.3 is 0 Å². The summed E-state index contributed by atoms with van der Waals surface area (Å²) in [6.45, 7) is 3.10. The maximum Gasteiger partial charge on any atom is 0.229 e. The fourth-order valence-corrected chi connectivity index (χ4v) is 3.98. The molecule has 1 saturated carbocycles. The number of ether oxygens (including phenoxy) is 1. The summed E-state index contributed by atoms with van der Waals surface area (Å²) in [5, 5.41) is 0. The smallest absolute Gasteiger partial charge is 0.229 e. The van der Waals surface area contributed by atoms with Gasteiger partial charge in [0, 0.05) is 22.8 Å². The number of hydrogen-bond acceptors (Lipinski definition) is 3. The van der Waals surface area contributed by atoms with E-state index in [1.807, 2.05) is 36.1 Å². The third kappa shape index (κ3) is 5.80. The Balaban J connectivity index is 2.30. The maximum absolute atomic E-state index is 13.1. The van der Waals surface area contributed by atoms with Gasteiger partial charge in [0.15, 0.2) is 0 Å². The number of rotatable bonds is 7. The van der Waals surface area contributed by atoms with Crippen molar-refractivity contribution in [1.29, 1.82) is 0 Å². The highest BCUT2D eigenvalue weighted by Gasteiger charge is 2.33. The predicted octanol–water partition coefficient (Wildman–Crippen LogP) is 4.47. The number of benzene rings is 1. The normalized spacial score (nSPS) is 21.2. The Bertz CT molecular complexity index is 533. The molecule has 1 aromatic carbocycles. The van der Waals surface area contributed by atoms with Gasteiger partial charge in [0.25, 0.3) is 0 Å². The van der Waals surface area contributed by atoms with E-state index in [9.17, 15) is 4.79 Å². The van der Waals surface area contributed by atoms with Crippen LogP contribution in [0.3, 0.4) is 0 Å². The van der Waals surface area contributed by atoms with Crippen molar-refractivity contribution in [2.45, 2.75) is 57.5 Å². The molecule has 2 atom stereocenters. The molecule has 0 aliphatic heterocycles. The average Bonchev–Trinajstić information content (AvgIpc) is 2.83. The van der Waals surface area contributed by atoms with Crippen LogP contribution in [0, 0.1) is 0 Å². The Morgan fingerprint density at radius 3 is 2.36 bits per heavy atom. The predicted molar refractivity (Wildman–Crippen MR) is 107 cm³/mol. The lowest BCUT2D eigenvalue weighted by Crippen LogP contribution is -2.52. The summed E-state index contributed by atoms with van der Waals surface area (Å²) in [6, 6.07) is 8.72. The molecule has 0 saturated heterocycles. The van der Waals surface area contributed by atoms with Gasteiger partial charge in [-0.2, -0.15) is 0 Å². The summed E-state index contributed by atoms with van der Waals surface area (Å²) in [6.07, 6.45) is 6.30. The van der Waals surface area contributed by atoms with E-state index in [1.165, 1.54) is 19.3 Å². The molecule has 1 fully saturated rings. The highest BCUT2D eigenvalue weighted by atomic mass is 79.9. The molecule has 0 N–H and O–H groups in total. The standard InChI is InChI=1S/C20H31BrN2O2/c1-4-25-15-14-20(24)23(17-12-10-16(21)11-13-17)19-9-7-5-6-8-18(19)22(2)3/h10-13,18-19H,4-9,14-15H2,1-3H3. The van der Waals surface area contributed by atoms with E-state index >= 15 is 0 Å². The number of anilines is 1. The van der Waals surface area contributed by atoms with Crippen LogP contribution in [0.4, 0.5) is 5.69 Å². The van der Waals surface area contributed by atoms with Gasteiger partial charge in [0.1, 0.15) is 0 Å². The zero-order chi connectivity index (χ0) is 18.2. The van der Waals surface area contributed by atoms with E-state index in [2.05, 4.69) is 34.9 Å². The zero-order valence-electron chi connectivity index (χ0n) is 15.7. The molecule has 1 amide bonds. The third-order valence-corrected chi connectivity index (χ3v) is 5.51. The van der Waals surface area contributed by atoms with E-state index in [1.54, 1.807) is 0 Å². The Morgan fingerprint density at radius 2 is 1.76 bits per heavy atom. The largest absolute Gasteiger partial charge is 0.381 e. The van der Waals surface area contributed by atoms with Gasteiger partial charge in [-0.15, -0.1) is 0 Å². The number of amides is 1. The minimum atomic E-state index is 0.162. The van der Waals surface area contributed by atoms with Gasteiger partial charge in [-0.25, -0.2) is 0 Å². The van der Waals surface area contributed by atoms with Crippen LogP contribution in [0.25, 0.3) is 0 Å². The second kappa shape index (κ2) is 10.3. The second-order valence-corrected chi connectivity index (χ2v) is 7.84. The summed E-state index contributed by atoms with van der Waals surface area (Å²) in [4.78, 5) is 17.4. The van der Waals surface area contributed by atoms with Gasteiger partial charge < -0.3 is 14.5 Å². The van der Waals surface area contributed by atoms with E-state index in [0.29, 0.717) is 25.7 Å². The van der Waals surface area contributed by atoms with Gasteiger partial charge in [-0.1, -0.05) is 35.2 Å². The average molecular weight is 411 g/mol. The number of nitrogens with zero attached hydrogens (tertiary/aromatic N) is 2. The first-order valence-electron chi connectivity index (χ1n) is 9.36. The van der Waals surface area contributed by atoms with E-state index < -0.39 is 0 Å². The van der Waals surface area contributed by atoms with Crippen molar-refractivity contribution in [2.75, 3.05) is 32.2 Å². The first kappa shape index (κ1) is 20.4. The number of hydrogen-bond donors (Lipinski definition) is 0. The lowest BCUT2D eigenvalue weighted by Gasteiger charge is -2.39. The first-order chi connectivity index (χ1) is 12.0. The van der Waals surface area contributed by atoms with Crippen LogP contribution in [-0.2, 0) is 9.53 Å². The Labute approximate surface area is 160 Å². The van der Waals surface area contributed by atoms with Crippen molar-refractivity contribution in [1.82, 2.24) is 4.90 Å². The molecule has 2 unspecified atom stereocenters. The quantitative estimate of drug-likeness (QED) is 0.490. The number of halogens is 1. The molecule has 140 valence electrons. The molecule has 5 heteroatoms. The van der Waals surface area contributed by atoms with Crippen molar-refractivity contribution < 1.29 is 9.53 Å². The first-order valence-corrected chi connectivity index (χ1v) is 10.2. The minimum absolute atomic E-state index is 0.162. The van der Waals surface area contributed by atoms with E-state index in [-0.39, 0.29) is 11.9 Å². The zero-order valence-corrected chi connectivity index (χ0v) is 17.3. The molecular formula is C20H31BrN2O2. The van der Waals surface area contributed by atoms with Gasteiger partial charge in [0.2, 0.25) is 5.91 Å². The lowest BCUT2D eigenvalue weighted by molar-refractivity contribution is -0.120. The van der Waals surface area contributed by atoms with Crippen molar-refractivity contribution in [3.63, 3.8) is 0 Å². The molecule has 2 rings (SSSR count). The molecule has 4 nitrogen and oxygen atoms in total. The van der Waals surface area contributed by atoms with Crippen LogP contribution in [0.5, 0.6) is 0 Å². The summed E-state index contributed by atoms with van der Waals surface area (Å²) in [7, 11) is 4.26. The van der Waals surface area contributed by atoms with Crippen molar-refractivity contribution >= 4 is 27.5 Å². The third-order valence-electron chi connectivity index (χ3n) is 4.98. The SMILES string of the molecule is CCOCCC(=O)N(c1ccc(Br)cc1)C1CCCCCC1N(C)C. The van der Waals surface area contributed by atoms with Gasteiger partial charge in [0.05, 0.1) is 19.1 Å². The second-order valence-electron chi connectivity index (χ2n) is 6.92. The molecule has 0 bridgehead atoms. The van der Waals surface area contributed by atoms with Crippen LogP contribution < -0.4 is 4.90 Å². The fourth-order valence-electron chi connectivity index (χ4n) is 3.72. The number of carbonyl (C=O) groups is 1. The summed E-state index contributed by atoms with van der Waals surface area (Å²) in [5.41, 5.74) is 0.989. The van der Waals surface area contributed by atoms with Gasteiger partial charge in [-0.3, -0.25) is 4.79 Å². The van der Waals surface area contributed by atoms with Crippen molar-refractivity contribution in [3.8, 4) is 0 Å². The molecular weight excluding hydrogens is 380 g/mol. The Morgan fingerprint density at radius 1 is 1.12 bits per heavy atom. The molecule has 1 aliphatic rings. The van der Waals surface area contributed by atoms with Crippen LogP contribution in [-0.4, -0.2) is 50.2 Å². The molecule has 25 heavy (non-hydrogen) atoms. The van der Waals surface area contributed by atoms with Crippen molar-refractivity contribution in [3.05, 3.63) is 28.7 Å². The van der Waals surface area contributed by atoms with Crippen LogP contribution >= 0.6 is 15.9 Å². The molecule has 1 aromatic rings. The minimum Gasteiger partial charge on any atom is -0.381 e. The summed E-state index contributed by atoms with van der Waals surface area (Å²) < 4.78 is 6.46. The highest BCUT2D eigenvalue weighted by molar-refractivity contribution is 9.10. The monoisotopic (exact) mass is 410 g/mol. The summed E-state index contributed by atoms with van der Waals surface area (Å²) >= 11 is 3.49. The molecule has 0 heterocycles. The Hall–Kier alpha value is -0.910. The molecule has 0 radical (unpaired) electrons.